The molecule has 2 aromatic carbocycles. The zero-order valence-corrected chi connectivity index (χ0v) is 19.1. The zero-order chi connectivity index (χ0) is 14.4. The van der Waals surface area contributed by atoms with Crippen molar-refractivity contribution in [1.29, 1.82) is 0 Å². The van der Waals surface area contributed by atoms with Crippen LogP contribution >= 0.6 is 0 Å². The summed E-state index contributed by atoms with van der Waals surface area (Å²) in [6, 6.07) is 5.49. The SMILES string of the molecule is Nc1cc2cc(S(=O)(=O)[O-])ccc2cc1S(=O)(=O)[O-].[K+].[K+]. The van der Waals surface area contributed by atoms with Crippen LogP contribution in [-0.4, -0.2) is 25.9 Å². The Hall–Kier alpha value is 1.59. The van der Waals surface area contributed by atoms with E-state index in [0.717, 1.165) is 24.3 Å². The second kappa shape index (κ2) is 8.11. The molecule has 0 aliphatic rings. The van der Waals surface area contributed by atoms with E-state index in [2.05, 4.69) is 0 Å². The van der Waals surface area contributed by atoms with Crippen LogP contribution in [-0.2, 0) is 20.2 Å². The van der Waals surface area contributed by atoms with Crippen LogP contribution in [0, 0.1) is 0 Å². The molecule has 0 heterocycles. The van der Waals surface area contributed by atoms with Crippen LogP contribution < -0.4 is 109 Å². The molecule has 0 aromatic heterocycles. The molecule has 0 radical (unpaired) electrons. The molecule has 0 saturated heterocycles. The van der Waals surface area contributed by atoms with Crippen molar-refractivity contribution < 1.29 is 129 Å². The summed E-state index contributed by atoms with van der Waals surface area (Å²) >= 11 is 0. The minimum absolute atomic E-state index is 0. The molecule has 0 bridgehead atoms. The Balaban J connectivity index is 0.00000200. The Kier molecular flexibility index (Phi) is 8.73. The predicted molar refractivity (Wildman–Crippen MR) is 64.3 cm³/mol. The van der Waals surface area contributed by atoms with Crippen LogP contribution in [0.5, 0.6) is 0 Å². The van der Waals surface area contributed by atoms with Crippen molar-refractivity contribution in [1.82, 2.24) is 0 Å². The van der Waals surface area contributed by atoms with Crippen molar-refractivity contribution in [3.8, 4) is 0 Å². The quantitative estimate of drug-likeness (QED) is 0.311. The standard InChI is InChI=1S/C10H9NO6S2.2K/c11-9-4-7-3-8(18(12,13)14)2-1-6(7)5-10(9)19(15,16)17;;/h1-5H,11H2,(H,12,13,14)(H,15,16,17);;/q;2*+1/p-2. The summed E-state index contributed by atoms with van der Waals surface area (Å²) in [6.45, 7) is 0. The van der Waals surface area contributed by atoms with Crippen LogP contribution in [0.15, 0.2) is 40.1 Å². The van der Waals surface area contributed by atoms with Gasteiger partial charge < -0.3 is 14.8 Å². The van der Waals surface area contributed by atoms with Gasteiger partial charge in [0.05, 0.1) is 9.79 Å². The third kappa shape index (κ3) is 5.57. The van der Waals surface area contributed by atoms with Crippen LogP contribution in [0.2, 0.25) is 0 Å². The first-order valence-electron chi connectivity index (χ1n) is 4.84. The van der Waals surface area contributed by atoms with E-state index in [9.17, 15) is 25.9 Å². The minimum atomic E-state index is -4.72. The van der Waals surface area contributed by atoms with Gasteiger partial charge in [-0.25, -0.2) is 16.8 Å². The fourth-order valence-electron chi connectivity index (χ4n) is 1.64. The van der Waals surface area contributed by atoms with E-state index in [1.54, 1.807) is 0 Å². The molecule has 0 spiro atoms. The Morgan fingerprint density at radius 1 is 0.810 bits per heavy atom. The fourth-order valence-corrected chi connectivity index (χ4v) is 2.77. The number of anilines is 1. The van der Waals surface area contributed by atoms with Crippen molar-refractivity contribution in [2.75, 3.05) is 5.73 Å². The maximum Gasteiger partial charge on any atom is 1.00 e. The van der Waals surface area contributed by atoms with Crippen LogP contribution in [0.1, 0.15) is 0 Å². The van der Waals surface area contributed by atoms with Crippen molar-refractivity contribution in [2.45, 2.75) is 9.79 Å². The molecule has 0 amide bonds. The molecule has 102 valence electrons. The van der Waals surface area contributed by atoms with E-state index in [1.807, 2.05) is 0 Å². The van der Waals surface area contributed by atoms with Gasteiger partial charge in [-0.05, 0) is 35.0 Å². The Bertz CT molecular complexity index is 880. The number of rotatable bonds is 2. The molecule has 0 atom stereocenters. The molecule has 0 aliphatic heterocycles. The largest absolute Gasteiger partial charge is 1.00 e. The van der Waals surface area contributed by atoms with E-state index in [-0.39, 0.29) is 119 Å². The first kappa shape index (κ1) is 22.6. The number of nitrogens with two attached hydrogens (primary N) is 1. The Labute approximate surface area is 207 Å². The van der Waals surface area contributed by atoms with E-state index < -0.39 is 30.0 Å². The normalized spacial score (nSPS) is 11.5. The molecule has 0 fully saturated rings. The van der Waals surface area contributed by atoms with Gasteiger partial charge in [0.1, 0.15) is 20.2 Å². The Morgan fingerprint density at radius 3 is 1.86 bits per heavy atom. The maximum atomic E-state index is 10.9. The van der Waals surface area contributed by atoms with Gasteiger partial charge in [0.2, 0.25) is 0 Å². The van der Waals surface area contributed by atoms with Gasteiger partial charge in [-0.3, -0.25) is 0 Å². The molecule has 2 aromatic rings. The van der Waals surface area contributed by atoms with Gasteiger partial charge in [-0.1, -0.05) is 6.07 Å². The van der Waals surface area contributed by atoms with Gasteiger partial charge in [0.25, 0.3) is 0 Å². The van der Waals surface area contributed by atoms with Crippen molar-refractivity contribution in [3.05, 3.63) is 30.3 Å². The molecule has 21 heavy (non-hydrogen) atoms. The number of hydrogen-bond donors (Lipinski definition) is 1. The summed E-state index contributed by atoms with van der Waals surface area (Å²) in [5, 5.41) is 0.540. The monoisotopic (exact) mass is 379 g/mol. The average Bonchev–Trinajstić information content (AvgIpc) is 2.24. The summed E-state index contributed by atoms with van der Waals surface area (Å²) in [4.78, 5) is -1.05. The van der Waals surface area contributed by atoms with Gasteiger partial charge >= 0.3 is 103 Å². The fraction of sp³-hybridized carbons (Fsp3) is 0. The van der Waals surface area contributed by atoms with E-state index in [1.165, 1.54) is 6.07 Å². The van der Waals surface area contributed by atoms with Crippen molar-refractivity contribution in [2.24, 2.45) is 0 Å². The second-order valence-electron chi connectivity index (χ2n) is 3.81. The third-order valence-corrected chi connectivity index (χ3v) is 4.22. The molecule has 7 nitrogen and oxygen atoms in total. The summed E-state index contributed by atoms with van der Waals surface area (Å²) in [6.07, 6.45) is 0. The first-order valence-corrected chi connectivity index (χ1v) is 7.66. The Morgan fingerprint density at radius 2 is 1.38 bits per heavy atom. The number of hydrogen-bond acceptors (Lipinski definition) is 7. The molecule has 2 rings (SSSR count). The summed E-state index contributed by atoms with van der Waals surface area (Å²) in [5.74, 6) is 0. The minimum Gasteiger partial charge on any atom is -0.744 e. The van der Waals surface area contributed by atoms with Gasteiger partial charge in [-0.2, -0.15) is 0 Å². The van der Waals surface area contributed by atoms with E-state index in [0.29, 0.717) is 0 Å². The maximum absolute atomic E-state index is 10.9. The van der Waals surface area contributed by atoms with Crippen LogP contribution in [0.3, 0.4) is 0 Å². The summed E-state index contributed by atoms with van der Waals surface area (Å²) in [5.41, 5.74) is 5.12. The number of nitrogen functional groups attached to an aromatic ring is 1. The second-order valence-corrected chi connectivity index (χ2v) is 6.53. The van der Waals surface area contributed by atoms with Gasteiger partial charge in [-0.15, -0.1) is 0 Å². The molecule has 0 saturated carbocycles. The molecule has 0 unspecified atom stereocenters. The summed E-state index contributed by atoms with van der Waals surface area (Å²) in [7, 11) is -9.33. The molecular weight excluding hydrogens is 372 g/mol. The van der Waals surface area contributed by atoms with Gasteiger partial charge in [0, 0.05) is 5.69 Å². The molecular formula is C10H7K2NO6S2. The summed E-state index contributed by atoms with van der Waals surface area (Å²) < 4.78 is 65.4. The average molecular weight is 379 g/mol. The van der Waals surface area contributed by atoms with E-state index >= 15 is 0 Å². The van der Waals surface area contributed by atoms with E-state index in [4.69, 9.17) is 5.73 Å². The number of benzene rings is 2. The first-order chi connectivity index (χ1) is 8.59. The molecule has 11 heteroatoms. The third-order valence-electron chi connectivity index (χ3n) is 2.50. The molecule has 2 N–H and O–H groups in total. The molecule has 0 aliphatic carbocycles. The predicted octanol–water partition coefficient (Wildman–Crippen LogP) is -5.76. The van der Waals surface area contributed by atoms with Crippen LogP contribution in [0.4, 0.5) is 5.69 Å². The smallest absolute Gasteiger partial charge is 0.744 e. The zero-order valence-electron chi connectivity index (χ0n) is 11.2. The topological polar surface area (TPSA) is 140 Å². The van der Waals surface area contributed by atoms with Crippen molar-refractivity contribution in [3.63, 3.8) is 0 Å². The van der Waals surface area contributed by atoms with Crippen molar-refractivity contribution >= 4 is 36.7 Å². The van der Waals surface area contributed by atoms with Crippen LogP contribution in [0.25, 0.3) is 10.8 Å². The number of fused-ring (bicyclic) bond motifs is 1. The van der Waals surface area contributed by atoms with Gasteiger partial charge in [0.15, 0.2) is 0 Å².